The van der Waals surface area contributed by atoms with Crippen molar-refractivity contribution in [2.24, 2.45) is 0 Å². The number of nitrogens with one attached hydrogen (secondary N) is 1. The molecule has 1 aliphatic heterocycles. The molecule has 1 atom stereocenters. The number of rotatable bonds is 4. The van der Waals surface area contributed by atoms with Crippen LogP contribution in [0.5, 0.6) is 0 Å². The van der Waals surface area contributed by atoms with Crippen molar-refractivity contribution < 1.29 is 4.39 Å². The van der Waals surface area contributed by atoms with Gasteiger partial charge in [0, 0.05) is 40.5 Å². The van der Waals surface area contributed by atoms with Crippen LogP contribution in [0.1, 0.15) is 42.4 Å². The second-order valence-electron chi connectivity index (χ2n) is 11.2. The normalized spacial score (nSPS) is 17.8. The van der Waals surface area contributed by atoms with Gasteiger partial charge in [0.1, 0.15) is 11.5 Å². The van der Waals surface area contributed by atoms with Gasteiger partial charge >= 0.3 is 0 Å². The molecule has 5 heteroatoms. The van der Waals surface area contributed by atoms with Gasteiger partial charge in [-0.25, -0.2) is 9.37 Å². The average molecular weight is 517 g/mol. The molecule has 4 nitrogen and oxygen atoms in total. The number of nitrogens with zero attached hydrogens (tertiary/aromatic N) is 3. The summed E-state index contributed by atoms with van der Waals surface area (Å²) in [4.78, 5) is 15.1. The summed E-state index contributed by atoms with van der Waals surface area (Å²) in [5.74, 6) is -0.310. The van der Waals surface area contributed by atoms with Crippen molar-refractivity contribution in [2.45, 2.75) is 51.5 Å². The van der Waals surface area contributed by atoms with Crippen LogP contribution in [-0.4, -0.2) is 39.0 Å². The summed E-state index contributed by atoms with van der Waals surface area (Å²) in [5.41, 5.74) is 11.1. The van der Waals surface area contributed by atoms with Gasteiger partial charge in [-0.05, 0) is 98.5 Å². The van der Waals surface area contributed by atoms with Crippen molar-refractivity contribution in [3.63, 3.8) is 0 Å². The third-order valence-electron chi connectivity index (χ3n) is 8.74. The predicted octanol–water partition coefficient (Wildman–Crippen LogP) is 7.75. The van der Waals surface area contributed by atoms with Gasteiger partial charge in [-0.3, -0.25) is 4.98 Å². The molecule has 3 aromatic heterocycles. The Morgan fingerprint density at radius 2 is 1.54 bits per heavy atom. The van der Waals surface area contributed by atoms with E-state index in [4.69, 9.17) is 4.98 Å². The Kier molecular flexibility index (Phi) is 6.24. The Balaban J connectivity index is 1.17. The number of halogens is 1. The van der Waals surface area contributed by atoms with E-state index in [-0.39, 0.29) is 5.82 Å². The molecule has 2 aromatic carbocycles. The fourth-order valence-corrected chi connectivity index (χ4v) is 6.59. The fourth-order valence-electron chi connectivity index (χ4n) is 6.59. The van der Waals surface area contributed by atoms with E-state index >= 15 is 0 Å². The largest absolute Gasteiger partial charge is 0.346 e. The molecule has 0 amide bonds. The highest BCUT2D eigenvalue weighted by molar-refractivity contribution is 5.96. The maximum absolute atomic E-state index is 13.5. The second kappa shape index (κ2) is 10.0. The first kappa shape index (κ1) is 24.2. The quantitative estimate of drug-likeness (QED) is 0.248. The molecule has 39 heavy (non-hydrogen) atoms. The van der Waals surface area contributed by atoms with Gasteiger partial charge in [0.25, 0.3) is 0 Å². The molecule has 0 spiro atoms. The zero-order valence-electron chi connectivity index (χ0n) is 22.4. The number of aromatic amines is 1. The second-order valence-corrected chi connectivity index (χ2v) is 11.2. The SMILES string of the molecule is Cc1cc(F)cnc1-c1ccc(-c2c[nH]c3ncc(-c4ccc5c(c4)CCC(N4CCCC4)CC5)cc23)cc1. The Hall–Kier alpha value is -3.83. The van der Waals surface area contributed by atoms with Crippen LogP contribution < -0.4 is 0 Å². The van der Waals surface area contributed by atoms with Crippen molar-refractivity contribution >= 4 is 11.0 Å². The molecule has 7 rings (SSSR count). The molecule has 4 heterocycles. The number of hydrogen-bond donors (Lipinski definition) is 1. The molecule has 1 aliphatic carbocycles. The van der Waals surface area contributed by atoms with Gasteiger partial charge in [-0.2, -0.15) is 0 Å². The van der Waals surface area contributed by atoms with Crippen molar-refractivity contribution in [3.05, 3.63) is 95.7 Å². The Bertz CT molecular complexity index is 1650. The number of benzene rings is 2. The summed E-state index contributed by atoms with van der Waals surface area (Å²) < 4.78 is 13.5. The van der Waals surface area contributed by atoms with Crippen LogP contribution in [0.3, 0.4) is 0 Å². The number of hydrogen-bond acceptors (Lipinski definition) is 3. The van der Waals surface area contributed by atoms with Gasteiger partial charge in [-0.15, -0.1) is 0 Å². The number of pyridine rings is 2. The number of aromatic nitrogens is 3. The van der Waals surface area contributed by atoms with Crippen LogP contribution >= 0.6 is 0 Å². The van der Waals surface area contributed by atoms with Gasteiger partial charge in [0.15, 0.2) is 0 Å². The lowest BCUT2D eigenvalue weighted by molar-refractivity contribution is 0.222. The Morgan fingerprint density at radius 3 is 2.33 bits per heavy atom. The zero-order chi connectivity index (χ0) is 26.3. The molecule has 0 bridgehead atoms. The summed E-state index contributed by atoms with van der Waals surface area (Å²) in [6.07, 6.45) is 12.9. The molecule has 1 unspecified atom stereocenters. The minimum atomic E-state index is -0.310. The van der Waals surface area contributed by atoms with E-state index in [1.165, 1.54) is 74.1 Å². The van der Waals surface area contributed by atoms with E-state index < -0.39 is 0 Å². The first-order valence-corrected chi connectivity index (χ1v) is 14.2. The first-order chi connectivity index (χ1) is 19.1. The summed E-state index contributed by atoms with van der Waals surface area (Å²) in [6.45, 7) is 4.45. The molecule has 1 N–H and O–H groups in total. The maximum Gasteiger partial charge on any atom is 0.141 e. The standard InChI is InChI=1S/C34H33FN4/c1-22-16-29(35)20-36-33(22)25-7-5-24(6-8-25)32-21-38-34-31(32)18-28(19-37-34)27-9-4-23-10-12-30(13-11-26(23)17-27)39-14-2-3-15-39/h4-9,16-21,30H,2-3,10-15H2,1H3,(H,37,38). The van der Waals surface area contributed by atoms with Crippen molar-refractivity contribution in [3.8, 4) is 33.5 Å². The highest BCUT2D eigenvalue weighted by Crippen LogP contribution is 2.34. The van der Waals surface area contributed by atoms with Crippen molar-refractivity contribution in [1.29, 1.82) is 0 Å². The first-order valence-electron chi connectivity index (χ1n) is 14.2. The lowest BCUT2D eigenvalue weighted by atomic mass is 9.96. The third-order valence-corrected chi connectivity index (χ3v) is 8.74. The van der Waals surface area contributed by atoms with Gasteiger partial charge in [0.05, 0.1) is 11.9 Å². The molecule has 1 saturated heterocycles. The lowest BCUT2D eigenvalue weighted by Crippen LogP contribution is -2.32. The van der Waals surface area contributed by atoms with E-state index in [1.807, 2.05) is 19.3 Å². The van der Waals surface area contributed by atoms with Gasteiger partial charge in [0.2, 0.25) is 0 Å². The van der Waals surface area contributed by atoms with Gasteiger partial charge < -0.3 is 9.88 Å². The number of aryl methyl sites for hydroxylation is 3. The summed E-state index contributed by atoms with van der Waals surface area (Å²) in [5, 5.41) is 1.11. The summed E-state index contributed by atoms with van der Waals surface area (Å²) >= 11 is 0. The molecule has 5 aromatic rings. The summed E-state index contributed by atoms with van der Waals surface area (Å²) in [7, 11) is 0. The molecule has 0 saturated carbocycles. The maximum atomic E-state index is 13.5. The van der Waals surface area contributed by atoms with Crippen molar-refractivity contribution in [1.82, 2.24) is 19.9 Å². The Morgan fingerprint density at radius 1 is 0.795 bits per heavy atom. The van der Waals surface area contributed by atoms with Crippen LogP contribution in [0.2, 0.25) is 0 Å². The van der Waals surface area contributed by atoms with Crippen LogP contribution in [0.15, 0.2) is 73.2 Å². The van der Waals surface area contributed by atoms with Crippen molar-refractivity contribution in [2.75, 3.05) is 13.1 Å². The topological polar surface area (TPSA) is 44.8 Å². The fraction of sp³-hybridized carbons (Fsp3) is 0.294. The average Bonchev–Trinajstić information content (AvgIpc) is 3.59. The molecule has 2 aliphatic rings. The molecule has 0 radical (unpaired) electrons. The number of fused-ring (bicyclic) bond motifs is 2. The number of H-pyrrole nitrogens is 1. The van der Waals surface area contributed by atoms with Crippen LogP contribution in [-0.2, 0) is 12.8 Å². The molecule has 196 valence electrons. The number of likely N-dealkylation sites (tertiary alicyclic amines) is 1. The van der Waals surface area contributed by atoms with Crippen LogP contribution in [0, 0.1) is 12.7 Å². The lowest BCUT2D eigenvalue weighted by Gasteiger charge is -2.25. The summed E-state index contributed by atoms with van der Waals surface area (Å²) in [6, 6.07) is 19.9. The van der Waals surface area contributed by atoms with E-state index in [0.717, 1.165) is 57.0 Å². The Labute approximate surface area is 228 Å². The monoisotopic (exact) mass is 516 g/mol. The minimum Gasteiger partial charge on any atom is -0.346 e. The molecular formula is C34H33FN4. The third kappa shape index (κ3) is 4.65. The smallest absolute Gasteiger partial charge is 0.141 e. The van der Waals surface area contributed by atoms with E-state index in [2.05, 4.69) is 63.4 Å². The highest BCUT2D eigenvalue weighted by atomic mass is 19.1. The minimum absolute atomic E-state index is 0.310. The van der Waals surface area contributed by atoms with Gasteiger partial charge in [-0.1, -0.05) is 42.5 Å². The van der Waals surface area contributed by atoms with E-state index in [0.29, 0.717) is 0 Å². The van der Waals surface area contributed by atoms with E-state index in [1.54, 1.807) is 0 Å². The zero-order valence-corrected chi connectivity index (χ0v) is 22.4. The van der Waals surface area contributed by atoms with Crippen LogP contribution in [0.4, 0.5) is 4.39 Å². The van der Waals surface area contributed by atoms with E-state index in [9.17, 15) is 4.39 Å². The van der Waals surface area contributed by atoms with Crippen LogP contribution in [0.25, 0.3) is 44.5 Å². The molecule has 1 fully saturated rings. The molecular weight excluding hydrogens is 483 g/mol. The predicted molar refractivity (Wildman–Crippen MR) is 156 cm³/mol. The highest BCUT2D eigenvalue weighted by Gasteiger charge is 2.24.